The van der Waals surface area contributed by atoms with Crippen LogP contribution < -0.4 is 14.6 Å². The lowest BCUT2D eigenvalue weighted by molar-refractivity contribution is 0.319. The molecular formula is C39H51N3O. The number of ether oxygens (including phenoxy) is 1. The molecule has 0 N–H and O–H groups in total. The number of hydrazine groups is 1. The largest absolute Gasteiger partial charge is 0.493 e. The van der Waals surface area contributed by atoms with Crippen LogP contribution in [0.15, 0.2) is 103 Å². The first-order valence-corrected chi connectivity index (χ1v) is 16.0. The van der Waals surface area contributed by atoms with E-state index < -0.39 is 0 Å². The first kappa shape index (κ1) is 32.2. The molecule has 0 bridgehead atoms. The van der Waals surface area contributed by atoms with Crippen molar-refractivity contribution in [2.24, 2.45) is 0 Å². The molecule has 0 atom stereocenters. The number of likely N-dealkylation sites (N-methyl/N-ethyl adjacent to an activating group) is 1. The normalized spacial score (nSPS) is 13.0. The molecule has 1 aliphatic rings. The Labute approximate surface area is 260 Å². The van der Waals surface area contributed by atoms with Gasteiger partial charge in [0, 0.05) is 45.8 Å². The summed E-state index contributed by atoms with van der Waals surface area (Å²) < 4.78 is 6.33. The van der Waals surface area contributed by atoms with Crippen molar-refractivity contribution >= 4 is 11.4 Å². The lowest BCUT2D eigenvalue weighted by atomic mass is 9.94. The molecule has 0 spiro atoms. The fourth-order valence-corrected chi connectivity index (χ4v) is 5.77. The van der Waals surface area contributed by atoms with E-state index in [4.69, 9.17) is 4.74 Å². The number of aryl methyl sites for hydroxylation is 2. The minimum atomic E-state index is 0.654. The van der Waals surface area contributed by atoms with Gasteiger partial charge < -0.3 is 14.6 Å². The van der Waals surface area contributed by atoms with Crippen LogP contribution in [-0.4, -0.2) is 38.8 Å². The predicted molar refractivity (Wildman–Crippen MR) is 185 cm³/mol. The van der Waals surface area contributed by atoms with Gasteiger partial charge in [0.1, 0.15) is 5.75 Å². The Morgan fingerprint density at radius 2 is 1.53 bits per heavy atom. The van der Waals surface area contributed by atoms with Crippen LogP contribution in [0.4, 0.5) is 11.4 Å². The van der Waals surface area contributed by atoms with Crippen molar-refractivity contribution in [2.45, 2.75) is 65.8 Å². The first-order chi connectivity index (χ1) is 20.9. The second kappa shape index (κ2) is 16.2. The Kier molecular flexibility index (Phi) is 12.1. The highest BCUT2D eigenvalue weighted by molar-refractivity contribution is 5.54. The van der Waals surface area contributed by atoms with Gasteiger partial charge in [0.15, 0.2) is 0 Å². The van der Waals surface area contributed by atoms with E-state index in [1.54, 1.807) is 0 Å². The highest BCUT2D eigenvalue weighted by atomic mass is 16.5. The van der Waals surface area contributed by atoms with Gasteiger partial charge in [0.05, 0.1) is 12.3 Å². The second-order valence-electron chi connectivity index (χ2n) is 11.6. The summed E-state index contributed by atoms with van der Waals surface area (Å²) in [6.45, 7) is 13.9. The quantitative estimate of drug-likeness (QED) is 0.125. The molecule has 0 aromatic heterocycles. The van der Waals surface area contributed by atoms with Gasteiger partial charge in [-0.05, 0) is 96.3 Å². The van der Waals surface area contributed by atoms with Gasteiger partial charge in [-0.15, -0.1) is 6.58 Å². The topological polar surface area (TPSA) is 19.0 Å². The summed E-state index contributed by atoms with van der Waals surface area (Å²) in [5.74, 6) is 0.979. The number of allylic oxidation sites excluding steroid dienone is 2. The molecule has 1 aliphatic carbocycles. The summed E-state index contributed by atoms with van der Waals surface area (Å²) in [7, 11) is 4.33. The Bertz CT molecular complexity index is 1390. The van der Waals surface area contributed by atoms with Gasteiger partial charge in [0.25, 0.3) is 0 Å². The number of nitrogens with zero attached hydrogens (tertiary/aromatic N) is 3. The third-order valence-corrected chi connectivity index (χ3v) is 8.51. The van der Waals surface area contributed by atoms with E-state index in [-0.39, 0.29) is 0 Å². The van der Waals surface area contributed by atoms with Gasteiger partial charge in [-0.3, -0.25) is 0 Å². The number of hydrogen-bond donors (Lipinski definition) is 0. The molecule has 0 heterocycles. The van der Waals surface area contributed by atoms with E-state index in [1.807, 2.05) is 6.08 Å². The van der Waals surface area contributed by atoms with Crippen LogP contribution in [0.5, 0.6) is 5.75 Å². The third-order valence-electron chi connectivity index (χ3n) is 8.51. The lowest BCUT2D eigenvalue weighted by Gasteiger charge is -2.32. The average Bonchev–Trinajstić information content (AvgIpc) is 3.03. The SMILES string of the molecule is C=CCN(Cc1ccccc1C)c1ccc(OCCc2ccc(N(C)N(C)CC3=CCCC=C3CCC)cc2)c(CC)c1. The molecule has 3 aromatic rings. The highest BCUT2D eigenvalue weighted by Gasteiger charge is 2.15. The maximum Gasteiger partial charge on any atom is 0.122 e. The van der Waals surface area contributed by atoms with Crippen molar-refractivity contribution < 1.29 is 4.74 Å². The van der Waals surface area contributed by atoms with Crippen molar-refractivity contribution in [3.8, 4) is 5.75 Å². The lowest BCUT2D eigenvalue weighted by Crippen LogP contribution is -2.38. The Morgan fingerprint density at radius 3 is 2.23 bits per heavy atom. The first-order valence-electron chi connectivity index (χ1n) is 16.0. The molecule has 4 rings (SSSR count). The molecule has 0 aliphatic heterocycles. The number of hydrogen-bond acceptors (Lipinski definition) is 4. The predicted octanol–water partition coefficient (Wildman–Crippen LogP) is 9.10. The fraction of sp³-hybridized carbons (Fsp3) is 0.385. The molecule has 228 valence electrons. The summed E-state index contributed by atoms with van der Waals surface area (Å²) in [6, 6.07) is 24.1. The average molecular weight is 578 g/mol. The van der Waals surface area contributed by atoms with E-state index >= 15 is 0 Å². The minimum absolute atomic E-state index is 0.654. The number of benzene rings is 3. The van der Waals surface area contributed by atoms with Crippen molar-refractivity contribution in [2.75, 3.05) is 43.7 Å². The Hall–Kier alpha value is -3.76. The summed E-state index contributed by atoms with van der Waals surface area (Å²) >= 11 is 0. The van der Waals surface area contributed by atoms with Gasteiger partial charge in [-0.1, -0.05) is 74.9 Å². The molecule has 0 unspecified atom stereocenters. The van der Waals surface area contributed by atoms with E-state index in [1.165, 1.54) is 64.0 Å². The fourth-order valence-electron chi connectivity index (χ4n) is 5.77. The molecular weight excluding hydrogens is 526 g/mol. The molecule has 3 aromatic carbocycles. The van der Waals surface area contributed by atoms with Gasteiger partial charge >= 0.3 is 0 Å². The zero-order chi connectivity index (χ0) is 30.6. The van der Waals surface area contributed by atoms with Gasteiger partial charge in [0.2, 0.25) is 0 Å². The minimum Gasteiger partial charge on any atom is -0.493 e. The van der Waals surface area contributed by atoms with E-state index in [0.29, 0.717) is 6.61 Å². The second-order valence-corrected chi connectivity index (χ2v) is 11.6. The maximum absolute atomic E-state index is 6.33. The van der Waals surface area contributed by atoms with Crippen molar-refractivity contribution in [1.29, 1.82) is 0 Å². The summed E-state index contributed by atoms with van der Waals surface area (Å²) in [6.07, 6.45) is 13.3. The Morgan fingerprint density at radius 1 is 0.814 bits per heavy atom. The number of anilines is 2. The zero-order valence-corrected chi connectivity index (χ0v) is 27.1. The van der Waals surface area contributed by atoms with E-state index in [2.05, 4.69) is 135 Å². The van der Waals surface area contributed by atoms with Crippen molar-refractivity contribution in [3.05, 3.63) is 125 Å². The van der Waals surface area contributed by atoms with Gasteiger partial charge in [-0.25, -0.2) is 5.01 Å². The van der Waals surface area contributed by atoms with Crippen LogP contribution in [0.3, 0.4) is 0 Å². The summed E-state index contributed by atoms with van der Waals surface area (Å²) in [5, 5.41) is 4.56. The van der Waals surface area contributed by atoms with Crippen molar-refractivity contribution in [3.63, 3.8) is 0 Å². The van der Waals surface area contributed by atoms with E-state index in [9.17, 15) is 0 Å². The van der Waals surface area contributed by atoms with Crippen LogP contribution >= 0.6 is 0 Å². The molecule has 43 heavy (non-hydrogen) atoms. The summed E-state index contributed by atoms with van der Waals surface area (Å²) in [5.41, 5.74) is 10.6. The smallest absolute Gasteiger partial charge is 0.122 e. The molecule has 0 saturated carbocycles. The van der Waals surface area contributed by atoms with E-state index in [0.717, 1.165) is 44.6 Å². The Balaban J connectivity index is 1.33. The van der Waals surface area contributed by atoms with Gasteiger partial charge in [-0.2, -0.15) is 0 Å². The monoisotopic (exact) mass is 577 g/mol. The molecule has 4 nitrogen and oxygen atoms in total. The molecule has 0 saturated heterocycles. The zero-order valence-electron chi connectivity index (χ0n) is 27.1. The standard InChI is InChI=1S/C39H51N3O/c1-7-14-34-16-12-13-18-36(34)29-40(5)41(6)37-21-19-32(20-22-37)25-27-43-39-24-23-38(28-33(39)9-3)42(26-8-2)30-35-17-11-10-15-31(35)4/h8,10-11,15-24,28H,2,7,9,12-14,25-27,29-30H2,1,3-6H3. The summed E-state index contributed by atoms with van der Waals surface area (Å²) in [4.78, 5) is 2.38. The molecule has 0 radical (unpaired) electrons. The molecule has 0 amide bonds. The number of rotatable bonds is 16. The highest BCUT2D eigenvalue weighted by Crippen LogP contribution is 2.28. The van der Waals surface area contributed by atoms with Crippen LogP contribution in [0, 0.1) is 6.92 Å². The third kappa shape index (κ3) is 8.87. The van der Waals surface area contributed by atoms with Crippen LogP contribution in [0.1, 0.15) is 61.8 Å². The van der Waals surface area contributed by atoms with Crippen molar-refractivity contribution in [1.82, 2.24) is 5.01 Å². The van der Waals surface area contributed by atoms with Crippen LogP contribution in [0.2, 0.25) is 0 Å². The maximum atomic E-state index is 6.33. The molecule has 4 heteroatoms. The van der Waals surface area contributed by atoms with Crippen LogP contribution in [-0.2, 0) is 19.4 Å². The molecule has 0 fully saturated rings. The van der Waals surface area contributed by atoms with Crippen LogP contribution in [0.25, 0.3) is 0 Å².